The van der Waals surface area contributed by atoms with E-state index in [0.29, 0.717) is 0 Å². The molecule has 0 bridgehead atoms. The van der Waals surface area contributed by atoms with Gasteiger partial charge in [-0.15, -0.1) is 0 Å². The number of carbonyl (C=O) groups excluding carboxylic acids is 1. The van der Waals surface area contributed by atoms with Gasteiger partial charge in [0.25, 0.3) is 15.7 Å². The van der Waals surface area contributed by atoms with E-state index in [9.17, 15) is 22.6 Å². The average molecular weight is 392 g/mol. The Balaban J connectivity index is 2.72. The number of carbonyl (C=O) groups is 1. The van der Waals surface area contributed by atoms with Gasteiger partial charge < -0.3 is 0 Å². The van der Waals surface area contributed by atoms with Crippen molar-refractivity contribution < 1.29 is 17.8 Å². The molecule has 0 atom stereocenters. The number of aromatic nitrogens is 2. The van der Waals surface area contributed by atoms with Gasteiger partial charge in [-0.25, -0.2) is 4.68 Å². The van der Waals surface area contributed by atoms with Crippen LogP contribution in [0, 0.1) is 0 Å². The lowest BCUT2D eigenvalue weighted by atomic mass is 9.86. The zero-order valence-corrected chi connectivity index (χ0v) is 17.1. The van der Waals surface area contributed by atoms with E-state index in [1.54, 1.807) is 32.9 Å². The summed E-state index contributed by atoms with van der Waals surface area (Å²) in [5, 5.41) is 3.81. The molecule has 2 rings (SSSR count). The quantitative estimate of drug-likeness (QED) is 0.636. The molecule has 0 radical (unpaired) electrons. The minimum absolute atomic E-state index is 0.128. The molecule has 27 heavy (non-hydrogen) atoms. The minimum atomic E-state index is -4.80. The SMILES string of the molecule is CC(C)(C)c1ccc(C(=O)c2c(S(=O)(=O)O)cnn(C(C)(C)C)c2=O)cc1. The fourth-order valence-electron chi connectivity index (χ4n) is 2.59. The van der Waals surface area contributed by atoms with Crippen LogP contribution >= 0.6 is 0 Å². The van der Waals surface area contributed by atoms with Crippen molar-refractivity contribution in [2.24, 2.45) is 0 Å². The summed E-state index contributed by atoms with van der Waals surface area (Å²) in [5.41, 5.74) is -1.27. The fraction of sp³-hybridized carbons (Fsp3) is 0.421. The molecule has 146 valence electrons. The van der Waals surface area contributed by atoms with Crippen LogP contribution in [0.4, 0.5) is 0 Å². The lowest BCUT2D eigenvalue weighted by Crippen LogP contribution is -2.40. The van der Waals surface area contributed by atoms with Gasteiger partial charge in [-0.05, 0) is 31.7 Å². The molecule has 0 amide bonds. The molecule has 0 aliphatic heterocycles. The summed E-state index contributed by atoms with van der Waals surface area (Å²) in [6.07, 6.45) is 0.832. The van der Waals surface area contributed by atoms with Crippen molar-refractivity contribution in [2.75, 3.05) is 0 Å². The molecule has 1 heterocycles. The Morgan fingerprint density at radius 2 is 1.56 bits per heavy atom. The predicted octanol–water partition coefficient (Wildman–Crippen LogP) is 2.77. The van der Waals surface area contributed by atoms with E-state index in [2.05, 4.69) is 5.10 Å². The Labute approximate surface area is 158 Å². The summed E-state index contributed by atoms with van der Waals surface area (Å²) in [6, 6.07) is 6.59. The van der Waals surface area contributed by atoms with Crippen LogP contribution in [0.25, 0.3) is 0 Å². The van der Waals surface area contributed by atoms with Gasteiger partial charge in [0.15, 0.2) is 5.78 Å². The molecule has 1 aromatic heterocycles. The predicted molar refractivity (Wildman–Crippen MR) is 102 cm³/mol. The number of hydrogen-bond donors (Lipinski definition) is 1. The highest BCUT2D eigenvalue weighted by molar-refractivity contribution is 7.86. The summed E-state index contributed by atoms with van der Waals surface area (Å²) < 4.78 is 33.9. The van der Waals surface area contributed by atoms with Gasteiger partial charge >= 0.3 is 0 Å². The van der Waals surface area contributed by atoms with Crippen LogP contribution in [0.1, 0.15) is 63.0 Å². The number of hydrogen-bond acceptors (Lipinski definition) is 5. The summed E-state index contributed by atoms with van der Waals surface area (Å²) >= 11 is 0. The molecular weight excluding hydrogens is 368 g/mol. The molecule has 0 saturated heterocycles. The minimum Gasteiger partial charge on any atom is -0.288 e. The molecule has 7 nitrogen and oxygen atoms in total. The van der Waals surface area contributed by atoms with Crippen LogP contribution in [-0.2, 0) is 21.1 Å². The van der Waals surface area contributed by atoms with Crippen molar-refractivity contribution in [1.82, 2.24) is 9.78 Å². The second kappa shape index (κ2) is 6.69. The molecular formula is C19H24N2O5S. The molecule has 0 unspecified atom stereocenters. The Hall–Kier alpha value is -2.32. The Kier molecular flexibility index (Phi) is 5.20. The molecule has 1 aromatic carbocycles. The van der Waals surface area contributed by atoms with Gasteiger partial charge in [-0.3, -0.25) is 14.1 Å². The van der Waals surface area contributed by atoms with Crippen LogP contribution in [0.15, 0.2) is 40.2 Å². The number of ketones is 1. The lowest BCUT2D eigenvalue weighted by Gasteiger charge is -2.22. The molecule has 2 aromatic rings. The summed E-state index contributed by atoms with van der Waals surface area (Å²) in [5.74, 6) is -0.784. The summed E-state index contributed by atoms with van der Waals surface area (Å²) in [4.78, 5) is 25.0. The maximum absolute atomic E-state index is 13.0. The number of rotatable bonds is 3. The third-order valence-electron chi connectivity index (χ3n) is 4.10. The van der Waals surface area contributed by atoms with Gasteiger partial charge in [-0.2, -0.15) is 13.5 Å². The molecule has 0 aliphatic carbocycles. The van der Waals surface area contributed by atoms with Crippen molar-refractivity contribution in [2.45, 2.75) is 57.4 Å². The van der Waals surface area contributed by atoms with Crippen molar-refractivity contribution in [3.05, 3.63) is 57.5 Å². The smallest absolute Gasteiger partial charge is 0.288 e. The second-order valence-corrected chi connectivity index (χ2v) is 9.79. The first-order chi connectivity index (χ1) is 12.1. The van der Waals surface area contributed by atoms with E-state index in [0.717, 1.165) is 16.4 Å². The molecule has 0 fully saturated rings. The largest absolute Gasteiger partial charge is 0.297 e. The normalized spacial score (nSPS) is 12.9. The molecule has 0 saturated carbocycles. The lowest BCUT2D eigenvalue weighted by molar-refractivity contribution is 0.103. The van der Waals surface area contributed by atoms with Gasteiger partial charge in [0.2, 0.25) is 0 Å². The number of nitrogens with zero attached hydrogens (tertiary/aromatic N) is 2. The monoisotopic (exact) mass is 392 g/mol. The highest BCUT2D eigenvalue weighted by atomic mass is 32.2. The van der Waals surface area contributed by atoms with E-state index in [4.69, 9.17) is 0 Å². The Morgan fingerprint density at radius 3 is 1.96 bits per heavy atom. The van der Waals surface area contributed by atoms with Gasteiger partial charge in [0.1, 0.15) is 10.5 Å². The zero-order chi connectivity index (χ0) is 20.8. The summed E-state index contributed by atoms with van der Waals surface area (Å²) in [7, 11) is -4.80. The second-order valence-electron chi connectivity index (χ2n) is 8.40. The van der Waals surface area contributed by atoms with Crippen molar-refractivity contribution in [1.29, 1.82) is 0 Å². The van der Waals surface area contributed by atoms with Crippen LogP contribution in [-0.4, -0.2) is 28.5 Å². The molecule has 0 spiro atoms. The highest BCUT2D eigenvalue weighted by Gasteiger charge is 2.30. The first-order valence-electron chi connectivity index (χ1n) is 8.39. The van der Waals surface area contributed by atoms with E-state index in [1.807, 2.05) is 20.8 Å². The number of benzene rings is 1. The highest BCUT2D eigenvalue weighted by Crippen LogP contribution is 2.24. The van der Waals surface area contributed by atoms with E-state index in [-0.39, 0.29) is 11.0 Å². The standard InChI is InChI=1S/C19H24N2O5S/c1-18(2,3)13-9-7-12(8-10-13)16(22)15-14(27(24,25)26)11-20-21(17(15)23)19(4,5)6/h7-11H,1-6H3,(H,24,25,26). The van der Waals surface area contributed by atoms with Gasteiger partial charge in [0, 0.05) is 5.56 Å². The van der Waals surface area contributed by atoms with Crippen molar-refractivity contribution in [3.8, 4) is 0 Å². The van der Waals surface area contributed by atoms with E-state index >= 15 is 0 Å². The van der Waals surface area contributed by atoms with Crippen molar-refractivity contribution >= 4 is 15.9 Å². The fourth-order valence-corrected chi connectivity index (χ4v) is 3.21. The van der Waals surface area contributed by atoms with Crippen LogP contribution in [0.5, 0.6) is 0 Å². The first-order valence-corrected chi connectivity index (χ1v) is 9.83. The molecule has 0 aliphatic rings. The van der Waals surface area contributed by atoms with Gasteiger partial charge in [-0.1, -0.05) is 45.0 Å². The Bertz CT molecular complexity index is 1040. The zero-order valence-electron chi connectivity index (χ0n) is 16.3. The maximum atomic E-state index is 13.0. The van der Waals surface area contributed by atoms with Crippen molar-refractivity contribution in [3.63, 3.8) is 0 Å². The maximum Gasteiger partial charge on any atom is 0.297 e. The van der Waals surface area contributed by atoms with Crippen LogP contribution < -0.4 is 5.56 Å². The summed E-state index contributed by atoms with van der Waals surface area (Å²) in [6.45, 7) is 11.1. The third-order valence-corrected chi connectivity index (χ3v) is 4.96. The van der Waals surface area contributed by atoms with Gasteiger partial charge in [0.05, 0.1) is 11.7 Å². The third kappa shape index (κ3) is 4.33. The van der Waals surface area contributed by atoms with Crippen LogP contribution in [0.3, 0.4) is 0 Å². The van der Waals surface area contributed by atoms with E-state index in [1.165, 1.54) is 12.1 Å². The molecule has 1 N–H and O–H groups in total. The topological polar surface area (TPSA) is 106 Å². The van der Waals surface area contributed by atoms with E-state index < -0.39 is 37.5 Å². The first kappa shape index (κ1) is 21.0. The molecule has 8 heteroatoms. The Morgan fingerprint density at radius 1 is 1.04 bits per heavy atom. The average Bonchev–Trinajstić information content (AvgIpc) is 2.51. The van der Waals surface area contributed by atoms with Crippen LogP contribution in [0.2, 0.25) is 0 Å².